The number of Topliss-reactive ketones (excluding diaryl/α,β-unsaturated/α-hetero) is 1. The van der Waals surface area contributed by atoms with E-state index in [0.717, 1.165) is 12.8 Å². The minimum absolute atomic E-state index is 0.00911. The molecule has 1 aliphatic rings. The van der Waals surface area contributed by atoms with Crippen molar-refractivity contribution in [1.29, 1.82) is 0 Å². The number of nitrogens with one attached hydrogen (secondary N) is 1. The largest absolute Gasteiger partial charge is 0.508 e. The van der Waals surface area contributed by atoms with Gasteiger partial charge in [-0.1, -0.05) is 30.3 Å². The molecule has 3 rings (SSSR count). The number of para-hydroxylation sites is 1. The maximum atomic E-state index is 12.9. The summed E-state index contributed by atoms with van der Waals surface area (Å²) >= 11 is 0. The summed E-state index contributed by atoms with van der Waals surface area (Å²) in [6, 6.07) is 13.5. The van der Waals surface area contributed by atoms with E-state index < -0.39 is 0 Å². The molecule has 2 aromatic carbocycles. The minimum atomic E-state index is -0.297. The van der Waals surface area contributed by atoms with Gasteiger partial charge in [0.25, 0.3) is 0 Å². The number of ketones is 1. The standard InChI is InChI=1S/C21H24N2O4/c1-15(24)16-7-4-8-18(12-16)22-21(26)23(14-19-9-5-11-27-19)13-17-6-2-3-10-20(17)25/h2-4,6-8,10,12,19,25H,5,9,11,13-14H2,1H3,(H,22,26). The van der Waals surface area contributed by atoms with Crippen LogP contribution in [0.5, 0.6) is 5.75 Å². The van der Waals surface area contributed by atoms with Gasteiger partial charge in [-0.25, -0.2) is 4.79 Å². The first-order chi connectivity index (χ1) is 13.0. The number of anilines is 1. The molecule has 0 saturated carbocycles. The van der Waals surface area contributed by atoms with Crippen LogP contribution in [0.2, 0.25) is 0 Å². The fraction of sp³-hybridized carbons (Fsp3) is 0.333. The zero-order valence-corrected chi connectivity index (χ0v) is 15.4. The van der Waals surface area contributed by atoms with Crippen LogP contribution in [0.3, 0.4) is 0 Å². The van der Waals surface area contributed by atoms with Gasteiger partial charge < -0.3 is 20.1 Å². The van der Waals surface area contributed by atoms with Gasteiger partial charge in [-0.05, 0) is 38.0 Å². The van der Waals surface area contributed by atoms with Gasteiger partial charge in [-0.15, -0.1) is 0 Å². The summed E-state index contributed by atoms with van der Waals surface area (Å²) in [5, 5.41) is 12.9. The highest BCUT2D eigenvalue weighted by Crippen LogP contribution is 2.21. The maximum absolute atomic E-state index is 12.9. The number of carbonyl (C=O) groups excluding carboxylic acids is 2. The Morgan fingerprint density at radius 2 is 2.04 bits per heavy atom. The van der Waals surface area contributed by atoms with Crippen molar-refractivity contribution in [1.82, 2.24) is 4.90 Å². The number of benzene rings is 2. The Balaban J connectivity index is 1.76. The van der Waals surface area contributed by atoms with Crippen molar-refractivity contribution in [3.63, 3.8) is 0 Å². The predicted molar refractivity (Wildman–Crippen MR) is 103 cm³/mol. The maximum Gasteiger partial charge on any atom is 0.322 e. The Morgan fingerprint density at radius 1 is 1.22 bits per heavy atom. The third-order valence-electron chi connectivity index (χ3n) is 4.61. The molecule has 6 heteroatoms. The third-order valence-corrected chi connectivity index (χ3v) is 4.61. The molecule has 142 valence electrons. The van der Waals surface area contributed by atoms with Crippen LogP contribution in [0, 0.1) is 0 Å². The number of hydrogen-bond donors (Lipinski definition) is 2. The molecule has 0 aliphatic carbocycles. The second-order valence-electron chi connectivity index (χ2n) is 6.71. The third kappa shape index (κ3) is 5.08. The van der Waals surface area contributed by atoms with Crippen molar-refractivity contribution in [2.75, 3.05) is 18.5 Å². The molecule has 1 heterocycles. The van der Waals surface area contributed by atoms with Crippen molar-refractivity contribution in [2.45, 2.75) is 32.4 Å². The van der Waals surface area contributed by atoms with Gasteiger partial charge in [-0.3, -0.25) is 4.79 Å². The smallest absolute Gasteiger partial charge is 0.322 e. The van der Waals surface area contributed by atoms with E-state index in [9.17, 15) is 14.7 Å². The summed E-state index contributed by atoms with van der Waals surface area (Å²) in [6.45, 7) is 2.90. The first-order valence-corrected chi connectivity index (χ1v) is 9.08. The lowest BCUT2D eigenvalue weighted by Crippen LogP contribution is -2.39. The van der Waals surface area contributed by atoms with E-state index in [1.54, 1.807) is 47.4 Å². The van der Waals surface area contributed by atoms with E-state index in [1.165, 1.54) is 6.92 Å². The average Bonchev–Trinajstić information content (AvgIpc) is 3.16. The Kier molecular flexibility index (Phi) is 6.08. The highest BCUT2D eigenvalue weighted by atomic mass is 16.5. The molecule has 1 fully saturated rings. The zero-order chi connectivity index (χ0) is 19.2. The number of nitrogens with zero attached hydrogens (tertiary/aromatic N) is 1. The van der Waals surface area contributed by atoms with Crippen LogP contribution in [-0.2, 0) is 11.3 Å². The monoisotopic (exact) mass is 368 g/mol. The number of ether oxygens (including phenoxy) is 1. The molecule has 0 aromatic heterocycles. The Morgan fingerprint density at radius 3 is 2.74 bits per heavy atom. The number of hydrogen-bond acceptors (Lipinski definition) is 4. The first-order valence-electron chi connectivity index (χ1n) is 9.08. The summed E-state index contributed by atoms with van der Waals surface area (Å²) in [6.07, 6.45) is 1.88. The molecule has 0 spiro atoms. The lowest BCUT2D eigenvalue weighted by Gasteiger charge is -2.26. The highest BCUT2D eigenvalue weighted by Gasteiger charge is 2.23. The van der Waals surface area contributed by atoms with Crippen molar-refractivity contribution < 1.29 is 19.4 Å². The molecule has 2 aromatic rings. The van der Waals surface area contributed by atoms with Gasteiger partial charge in [0.15, 0.2) is 5.78 Å². The predicted octanol–water partition coefficient (Wildman–Crippen LogP) is 3.81. The fourth-order valence-corrected chi connectivity index (χ4v) is 3.12. The molecule has 6 nitrogen and oxygen atoms in total. The first kappa shape index (κ1) is 18.9. The number of amides is 2. The summed E-state index contributed by atoms with van der Waals surface area (Å²) < 4.78 is 5.67. The minimum Gasteiger partial charge on any atom is -0.508 e. The van der Waals surface area contributed by atoms with Gasteiger partial charge >= 0.3 is 6.03 Å². The highest BCUT2D eigenvalue weighted by molar-refractivity contribution is 5.96. The van der Waals surface area contributed by atoms with Crippen molar-refractivity contribution in [3.05, 3.63) is 59.7 Å². The summed E-state index contributed by atoms with van der Waals surface area (Å²) in [4.78, 5) is 26.1. The molecule has 1 aliphatic heterocycles. The molecule has 1 atom stereocenters. The quantitative estimate of drug-likeness (QED) is 0.760. The van der Waals surface area contributed by atoms with Gasteiger partial charge in [0.05, 0.1) is 12.6 Å². The molecular formula is C21H24N2O4. The second kappa shape index (κ2) is 8.68. The second-order valence-corrected chi connectivity index (χ2v) is 6.71. The molecule has 27 heavy (non-hydrogen) atoms. The summed E-state index contributed by atoms with van der Waals surface area (Å²) in [7, 11) is 0. The number of phenolic OH excluding ortho intramolecular Hbond substituents is 1. The van der Waals surface area contributed by atoms with Gasteiger partial charge in [-0.2, -0.15) is 0 Å². The van der Waals surface area contributed by atoms with Crippen LogP contribution >= 0.6 is 0 Å². The summed E-state index contributed by atoms with van der Waals surface area (Å²) in [5.41, 5.74) is 1.77. The Labute approximate surface area is 158 Å². The topological polar surface area (TPSA) is 78.9 Å². The van der Waals surface area contributed by atoms with E-state index >= 15 is 0 Å². The molecule has 0 radical (unpaired) electrons. The number of rotatable bonds is 6. The van der Waals surface area contributed by atoms with Crippen LogP contribution < -0.4 is 5.32 Å². The number of aromatic hydroxyl groups is 1. The van der Waals surface area contributed by atoms with Crippen LogP contribution in [-0.4, -0.2) is 41.1 Å². The SMILES string of the molecule is CC(=O)c1cccc(NC(=O)N(Cc2ccccc2O)CC2CCCO2)c1. The average molecular weight is 368 g/mol. The number of urea groups is 1. The van der Waals surface area contributed by atoms with Crippen LogP contribution in [0.15, 0.2) is 48.5 Å². The van der Waals surface area contributed by atoms with Crippen LogP contribution in [0.1, 0.15) is 35.7 Å². The Hall–Kier alpha value is -2.86. The summed E-state index contributed by atoms with van der Waals surface area (Å²) in [5.74, 6) is 0.0951. The fourth-order valence-electron chi connectivity index (χ4n) is 3.12. The van der Waals surface area contributed by atoms with Crippen molar-refractivity contribution >= 4 is 17.5 Å². The lowest BCUT2D eigenvalue weighted by atomic mass is 10.1. The lowest BCUT2D eigenvalue weighted by molar-refractivity contribution is 0.0817. The van der Waals surface area contributed by atoms with Gasteiger partial charge in [0, 0.05) is 30.0 Å². The van der Waals surface area contributed by atoms with Crippen LogP contribution in [0.4, 0.5) is 10.5 Å². The molecule has 2 amide bonds. The van der Waals surface area contributed by atoms with E-state index in [2.05, 4.69) is 5.32 Å². The normalized spacial score (nSPS) is 16.1. The zero-order valence-electron chi connectivity index (χ0n) is 15.4. The molecule has 1 unspecified atom stereocenters. The molecule has 2 N–H and O–H groups in total. The molecule has 1 saturated heterocycles. The van der Waals surface area contributed by atoms with Crippen molar-refractivity contribution in [3.8, 4) is 5.75 Å². The number of carbonyl (C=O) groups is 2. The van der Waals surface area contributed by atoms with E-state index in [1.807, 2.05) is 6.07 Å². The molecule has 0 bridgehead atoms. The van der Waals surface area contributed by atoms with Crippen LogP contribution in [0.25, 0.3) is 0 Å². The molecular weight excluding hydrogens is 344 g/mol. The van der Waals surface area contributed by atoms with Gasteiger partial charge in [0.1, 0.15) is 5.75 Å². The van der Waals surface area contributed by atoms with E-state index in [4.69, 9.17) is 4.74 Å². The van der Waals surface area contributed by atoms with E-state index in [-0.39, 0.29) is 30.2 Å². The number of phenols is 1. The van der Waals surface area contributed by atoms with Crippen molar-refractivity contribution in [2.24, 2.45) is 0 Å². The van der Waals surface area contributed by atoms with Gasteiger partial charge in [0.2, 0.25) is 0 Å². The van der Waals surface area contributed by atoms with E-state index in [0.29, 0.717) is 30.0 Å². The Bertz CT molecular complexity index is 815.